The topological polar surface area (TPSA) is 55.1 Å². The first-order valence-corrected chi connectivity index (χ1v) is 6.77. The van der Waals surface area contributed by atoms with Gasteiger partial charge in [0.05, 0.1) is 6.04 Å². The van der Waals surface area contributed by atoms with Crippen LogP contribution in [0.4, 0.5) is 0 Å². The molecular weight excluding hydrogens is 224 g/mol. The summed E-state index contributed by atoms with van der Waals surface area (Å²) in [5.41, 5.74) is 7.12. The van der Waals surface area contributed by atoms with E-state index in [4.69, 9.17) is 5.73 Å². The average Bonchev–Trinajstić information content (AvgIpc) is 2.34. The van der Waals surface area contributed by atoms with Crippen LogP contribution in [0, 0.1) is 0 Å². The van der Waals surface area contributed by atoms with E-state index >= 15 is 0 Å². The van der Waals surface area contributed by atoms with Crippen molar-refractivity contribution in [2.45, 2.75) is 50.6 Å². The summed E-state index contributed by atoms with van der Waals surface area (Å²) < 4.78 is 0. The number of hydrogen-bond donors (Lipinski definition) is 2. The van der Waals surface area contributed by atoms with E-state index in [0.29, 0.717) is 6.42 Å². The van der Waals surface area contributed by atoms with E-state index in [1.807, 2.05) is 30.3 Å². The summed E-state index contributed by atoms with van der Waals surface area (Å²) in [5, 5.41) is 3.14. The minimum absolute atomic E-state index is 0.0135. The third-order valence-electron chi connectivity index (χ3n) is 4.01. The van der Waals surface area contributed by atoms with Crippen LogP contribution < -0.4 is 11.1 Å². The maximum atomic E-state index is 12.1. The van der Waals surface area contributed by atoms with Gasteiger partial charge in [-0.15, -0.1) is 0 Å². The number of carbonyl (C=O) groups excluding carboxylic acids is 1. The Morgan fingerprint density at radius 1 is 1.39 bits per heavy atom. The Morgan fingerprint density at radius 2 is 2.06 bits per heavy atom. The molecule has 1 aliphatic carbocycles. The summed E-state index contributed by atoms with van der Waals surface area (Å²) in [6.45, 7) is 2.13. The Balaban J connectivity index is 1.89. The largest absolute Gasteiger partial charge is 0.349 e. The number of nitrogens with two attached hydrogens (primary N) is 1. The molecule has 2 rings (SSSR count). The Morgan fingerprint density at radius 3 is 2.56 bits per heavy atom. The van der Waals surface area contributed by atoms with Crippen LogP contribution in [0.5, 0.6) is 0 Å². The zero-order valence-corrected chi connectivity index (χ0v) is 11.0. The molecule has 0 heterocycles. The van der Waals surface area contributed by atoms with Gasteiger partial charge in [0.1, 0.15) is 0 Å². The first-order chi connectivity index (χ1) is 8.65. The summed E-state index contributed by atoms with van der Waals surface area (Å²) in [6.07, 6.45) is 4.99. The summed E-state index contributed by atoms with van der Waals surface area (Å²) in [5.74, 6) is -0.0135. The lowest BCUT2D eigenvalue weighted by molar-refractivity contribution is -0.125. The standard InChI is InChI=1S/C15H22N2O/c1-2-15(9-6-10-15)17-14(18)13(16)11-12-7-4-3-5-8-12/h3-5,7-8,13H,2,6,9-11,16H2,1H3,(H,17,18)/t13-/m0/s1. The van der Waals surface area contributed by atoms with Crippen LogP contribution in [-0.4, -0.2) is 17.5 Å². The van der Waals surface area contributed by atoms with Gasteiger partial charge >= 0.3 is 0 Å². The summed E-state index contributed by atoms with van der Waals surface area (Å²) >= 11 is 0. The Hall–Kier alpha value is -1.35. The SMILES string of the molecule is CCC1(NC(=O)[C@@H](N)Cc2ccccc2)CCC1. The minimum atomic E-state index is -0.448. The van der Waals surface area contributed by atoms with Crippen LogP contribution in [-0.2, 0) is 11.2 Å². The molecule has 0 spiro atoms. The molecule has 1 amide bonds. The van der Waals surface area contributed by atoms with Gasteiger partial charge < -0.3 is 11.1 Å². The van der Waals surface area contributed by atoms with Crippen molar-refractivity contribution in [2.75, 3.05) is 0 Å². The van der Waals surface area contributed by atoms with Crippen molar-refractivity contribution < 1.29 is 4.79 Å². The zero-order chi connectivity index (χ0) is 13.0. The van der Waals surface area contributed by atoms with E-state index < -0.39 is 6.04 Å². The number of nitrogens with one attached hydrogen (secondary N) is 1. The van der Waals surface area contributed by atoms with Crippen LogP contribution in [0.1, 0.15) is 38.2 Å². The minimum Gasteiger partial charge on any atom is -0.349 e. The number of rotatable bonds is 5. The molecule has 0 saturated heterocycles. The van der Waals surface area contributed by atoms with Crippen molar-refractivity contribution in [1.82, 2.24) is 5.32 Å². The lowest BCUT2D eigenvalue weighted by Crippen LogP contribution is -2.57. The van der Waals surface area contributed by atoms with Gasteiger partial charge in [0.15, 0.2) is 0 Å². The highest BCUT2D eigenvalue weighted by Crippen LogP contribution is 2.34. The Kier molecular flexibility index (Phi) is 4.02. The molecule has 1 saturated carbocycles. The monoisotopic (exact) mass is 246 g/mol. The molecule has 0 aromatic heterocycles. The number of hydrogen-bond acceptors (Lipinski definition) is 2. The molecule has 1 fully saturated rings. The molecule has 0 bridgehead atoms. The van der Waals surface area contributed by atoms with Crippen molar-refractivity contribution >= 4 is 5.91 Å². The maximum Gasteiger partial charge on any atom is 0.237 e. The van der Waals surface area contributed by atoms with Crippen molar-refractivity contribution in [2.24, 2.45) is 5.73 Å². The Bertz CT molecular complexity index is 393. The van der Waals surface area contributed by atoms with E-state index in [9.17, 15) is 4.79 Å². The fourth-order valence-electron chi connectivity index (χ4n) is 2.49. The van der Waals surface area contributed by atoms with Crippen molar-refractivity contribution in [3.63, 3.8) is 0 Å². The van der Waals surface area contributed by atoms with Gasteiger partial charge in [-0.3, -0.25) is 4.79 Å². The third kappa shape index (κ3) is 2.91. The third-order valence-corrected chi connectivity index (χ3v) is 4.01. The average molecular weight is 246 g/mol. The molecule has 1 atom stereocenters. The molecule has 3 N–H and O–H groups in total. The number of benzene rings is 1. The van der Waals surface area contributed by atoms with Gasteiger partial charge in [0.2, 0.25) is 5.91 Å². The van der Waals surface area contributed by atoms with Gasteiger partial charge in [0, 0.05) is 5.54 Å². The molecule has 0 unspecified atom stereocenters. The smallest absolute Gasteiger partial charge is 0.237 e. The molecule has 18 heavy (non-hydrogen) atoms. The van der Waals surface area contributed by atoms with Gasteiger partial charge in [-0.2, -0.15) is 0 Å². The van der Waals surface area contributed by atoms with Crippen LogP contribution in [0.2, 0.25) is 0 Å². The lowest BCUT2D eigenvalue weighted by atomic mass is 9.74. The van der Waals surface area contributed by atoms with E-state index in [1.54, 1.807) is 0 Å². The van der Waals surface area contributed by atoms with Crippen molar-refractivity contribution in [1.29, 1.82) is 0 Å². The molecule has 3 nitrogen and oxygen atoms in total. The molecule has 0 aliphatic heterocycles. The first-order valence-electron chi connectivity index (χ1n) is 6.77. The van der Waals surface area contributed by atoms with E-state index in [2.05, 4.69) is 12.2 Å². The second-order valence-electron chi connectivity index (χ2n) is 5.27. The molecule has 1 aromatic rings. The van der Waals surface area contributed by atoms with Gasteiger partial charge in [-0.25, -0.2) is 0 Å². The summed E-state index contributed by atoms with van der Waals surface area (Å²) in [4.78, 5) is 12.1. The van der Waals surface area contributed by atoms with Crippen LogP contribution >= 0.6 is 0 Å². The molecule has 3 heteroatoms. The van der Waals surface area contributed by atoms with Crippen molar-refractivity contribution in [3.8, 4) is 0 Å². The first kappa shape index (κ1) is 13.1. The fourth-order valence-corrected chi connectivity index (χ4v) is 2.49. The van der Waals surface area contributed by atoms with Gasteiger partial charge in [0.25, 0.3) is 0 Å². The molecule has 98 valence electrons. The van der Waals surface area contributed by atoms with Gasteiger partial charge in [-0.1, -0.05) is 37.3 Å². The molecule has 1 aliphatic rings. The predicted octanol–water partition coefficient (Wildman–Crippen LogP) is 2.01. The molecular formula is C15H22N2O. The number of carbonyl (C=O) groups is 1. The lowest BCUT2D eigenvalue weighted by Gasteiger charge is -2.42. The van der Waals surface area contributed by atoms with Crippen LogP contribution in [0.3, 0.4) is 0 Å². The predicted molar refractivity (Wildman–Crippen MR) is 73.1 cm³/mol. The van der Waals surface area contributed by atoms with Crippen LogP contribution in [0.15, 0.2) is 30.3 Å². The zero-order valence-electron chi connectivity index (χ0n) is 11.0. The summed E-state index contributed by atoms with van der Waals surface area (Å²) in [6, 6.07) is 9.48. The van der Waals surface area contributed by atoms with Crippen LogP contribution in [0.25, 0.3) is 0 Å². The molecule has 1 aromatic carbocycles. The highest BCUT2D eigenvalue weighted by atomic mass is 16.2. The summed E-state index contributed by atoms with van der Waals surface area (Å²) in [7, 11) is 0. The Labute approximate surface area is 109 Å². The van der Waals surface area contributed by atoms with E-state index in [1.165, 1.54) is 6.42 Å². The highest BCUT2D eigenvalue weighted by molar-refractivity contribution is 5.82. The van der Waals surface area contributed by atoms with Gasteiger partial charge in [-0.05, 0) is 37.7 Å². The van der Waals surface area contributed by atoms with E-state index in [0.717, 1.165) is 24.8 Å². The van der Waals surface area contributed by atoms with Crippen molar-refractivity contribution in [3.05, 3.63) is 35.9 Å². The maximum absolute atomic E-state index is 12.1. The second kappa shape index (κ2) is 5.53. The van der Waals surface area contributed by atoms with E-state index in [-0.39, 0.29) is 11.4 Å². The number of amides is 1. The molecule has 0 radical (unpaired) electrons. The quantitative estimate of drug-likeness (QED) is 0.835. The normalized spacial score (nSPS) is 18.8. The second-order valence-corrected chi connectivity index (χ2v) is 5.27. The fraction of sp³-hybridized carbons (Fsp3) is 0.533. The highest BCUT2D eigenvalue weighted by Gasteiger charge is 2.37.